The smallest absolute Gasteiger partial charge is 0.381 e. The molecule has 1 aromatic carbocycles. The molecule has 0 spiro atoms. The lowest BCUT2D eigenvalue weighted by Crippen LogP contribution is -2.60. The molecule has 1 fully saturated rings. The van der Waals surface area contributed by atoms with Crippen LogP contribution in [0.1, 0.15) is 31.4 Å². The fourth-order valence-electron chi connectivity index (χ4n) is 2.82. The van der Waals surface area contributed by atoms with Gasteiger partial charge in [0.25, 0.3) is 0 Å². The summed E-state index contributed by atoms with van der Waals surface area (Å²) in [5.41, 5.74) is -0.327. The van der Waals surface area contributed by atoms with Crippen LogP contribution in [0, 0.1) is 5.41 Å². The van der Waals surface area contributed by atoms with Gasteiger partial charge in [0.15, 0.2) is 0 Å². The average Bonchev–Trinajstić information content (AvgIpc) is 2.37. The predicted molar refractivity (Wildman–Crippen MR) is 71.3 cm³/mol. The van der Waals surface area contributed by atoms with Gasteiger partial charge in [-0.15, -0.1) is 0 Å². The maximum absolute atomic E-state index is 12.9. The normalized spacial score (nSPS) is 25.3. The van der Waals surface area contributed by atoms with Crippen LogP contribution in [0.3, 0.4) is 0 Å². The van der Waals surface area contributed by atoms with Crippen LogP contribution >= 0.6 is 0 Å². The summed E-state index contributed by atoms with van der Waals surface area (Å²) in [6.07, 6.45) is -3.31. The van der Waals surface area contributed by atoms with Gasteiger partial charge in [0.05, 0.1) is 11.7 Å². The van der Waals surface area contributed by atoms with Crippen molar-refractivity contribution in [1.82, 2.24) is 5.32 Å². The number of halogens is 3. The Hall–Kier alpha value is -1.07. The third kappa shape index (κ3) is 2.83. The van der Waals surface area contributed by atoms with Gasteiger partial charge in [-0.25, -0.2) is 0 Å². The second-order valence-electron chi connectivity index (χ2n) is 5.87. The summed E-state index contributed by atoms with van der Waals surface area (Å²) >= 11 is 0. The molecule has 0 saturated heterocycles. The van der Waals surface area contributed by atoms with Crippen LogP contribution < -0.4 is 5.32 Å². The van der Waals surface area contributed by atoms with Gasteiger partial charge < -0.3 is 10.1 Å². The van der Waals surface area contributed by atoms with E-state index < -0.39 is 11.7 Å². The first kappa shape index (κ1) is 15.3. The van der Waals surface area contributed by atoms with E-state index >= 15 is 0 Å². The molecule has 2 rings (SSSR count). The molecule has 2 unspecified atom stereocenters. The van der Waals surface area contributed by atoms with Crippen LogP contribution in [0.2, 0.25) is 0 Å². The van der Waals surface area contributed by atoms with E-state index in [9.17, 15) is 13.2 Å². The molecule has 1 aliphatic rings. The first-order valence-corrected chi connectivity index (χ1v) is 6.68. The molecule has 20 heavy (non-hydrogen) atoms. The molecule has 1 aliphatic carbocycles. The van der Waals surface area contributed by atoms with Crippen LogP contribution in [0.5, 0.6) is 0 Å². The molecular weight excluding hydrogens is 267 g/mol. The summed E-state index contributed by atoms with van der Waals surface area (Å²) in [5, 5.41) is 3.22. The largest absolute Gasteiger partial charge is 0.416 e. The Morgan fingerprint density at radius 2 is 1.95 bits per heavy atom. The Morgan fingerprint density at radius 3 is 2.50 bits per heavy atom. The standard InChI is InChI=1S/C15H20F3NO/c1-14(2)12(8-13(14)20-3)19-9-10-6-4-5-7-11(10)15(16,17)18/h4-7,12-13,19H,8-9H2,1-3H3. The number of ether oxygens (including phenoxy) is 1. The van der Waals surface area contributed by atoms with E-state index in [2.05, 4.69) is 19.2 Å². The maximum Gasteiger partial charge on any atom is 0.416 e. The number of rotatable bonds is 4. The van der Waals surface area contributed by atoms with Crippen LogP contribution in [-0.4, -0.2) is 19.3 Å². The molecule has 1 saturated carbocycles. The summed E-state index contributed by atoms with van der Waals surface area (Å²) in [5.74, 6) is 0. The quantitative estimate of drug-likeness (QED) is 0.913. The van der Waals surface area contributed by atoms with Crippen LogP contribution in [0.15, 0.2) is 24.3 Å². The SMILES string of the molecule is COC1CC(NCc2ccccc2C(F)(F)F)C1(C)C. The molecule has 0 aromatic heterocycles. The number of nitrogens with one attached hydrogen (secondary N) is 1. The van der Waals surface area contributed by atoms with Crippen LogP contribution in [-0.2, 0) is 17.5 Å². The minimum Gasteiger partial charge on any atom is -0.381 e. The minimum absolute atomic E-state index is 0.0536. The molecule has 0 amide bonds. The zero-order chi connectivity index (χ0) is 15.0. The number of benzene rings is 1. The lowest BCUT2D eigenvalue weighted by Gasteiger charge is -2.51. The summed E-state index contributed by atoms with van der Waals surface area (Å²) in [4.78, 5) is 0. The Morgan fingerprint density at radius 1 is 1.30 bits per heavy atom. The van der Waals surface area contributed by atoms with Crippen molar-refractivity contribution in [3.05, 3.63) is 35.4 Å². The fraction of sp³-hybridized carbons (Fsp3) is 0.600. The van der Waals surface area contributed by atoms with Crippen LogP contribution in [0.25, 0.3) is 0 Å². The molecule has 1 aromatic rings. The predicted octanol–water partition coefficient (Wildman–Crippen LogP) is 3.61. The van der Waals surface area contributed by atoms with E-state index in [0.717, 1.165) is 12.5 Å². The van der Waals surface area contributed by atoms with Crippen molar-refractivity contribution in [2.45, 2.75) is 45.1 Å². The van der Waals surface area contributed by atoms with Gasteiger partial charge in [-0.2, -0.15) is 13.2 Å². The second kappa shape index (κ2) is 5.37. The van der Waals surface area contributed by atoms with Crippen molar-refractivity contribution >= 4 is 0 Å². The molecule has 0 heterocycles. The maximum atomic E-state index is 12.9. The fourth-order valence-corrected chi connectivity index (χ4v) is 2.82. The van der Waals surface area contributed by atoms with Crippen molar-refractivity contribution < 1.29 is 17.9 Å². The molecule has 1 N–H and O–H groups in total. The lowest BCUT2D eigenvalue weighted by molar-refractivity contribution is -0.138. The highest BCUT2D eigenvalue weighted by molar-refractivity contribution is 5.29. The van der Waals surface area contributed by atoms with Gasteiger partial charge >= 0.3 is 6.18 Å². The lowest BCUT2D eigenvalue weighted by atomic mass is 9.64. The van der Waals surface area contributed by atoms with E-state index in [4.69, 9.17) is 4.74 Å². The van der Waals surface area contributed by atoms with Crippen molar-refractivity contribution in [2.24, 2.45) is 5.41 Å². The van der Waals surface area contributed by atoms with E-state index in [1.54, 1.807) is 13.2 Å². The Labute approximate surface area is 117 Å². The summed E-state index contributed by atoms with van der Waals surface area (Å²) in [6, 6.07) is 5.88. The first-order chi connectivity index (χ1) is 9.26. The highest BCUT2D eigenvalue weighted by Gasteiger charge is 2.48. The molecule has 112 valence electrons. The molecule has 0 bridgehead atoms. The van der Waals surface area contributed by atoms with Gasteiger partial charge in [-0.05, 0) is 18.1 Å². The number of alkyl halides is 3. The molecule has 2 nitrogen and oxygen atoms in total. The minimum atomic E-state index is -4.30. The molecule has 0 radical (unpaired) electrons. The third-order valence-electron chi connectivity index (χ3n) is 4.32. The Balaban J connectivity index is 2.03. The zero-order valence-electron chi connectivity index (χ0n) is 11.9. The molecule has 0 aliphatic heterocycles. The first-order valence-electron chi connectivity index (χ1n) is 6.68. The van der Waals surface area contributed by atoms with Gasteiger partial charge in [0.1, 0.15) is 0 Å². The highest BCUT2D eigenvalue weighted by Crippen LogP contribution is 2.42. The van der Waals surface area contributed by atoms with Gasteiger partial charge in [-0.1, -0.05) is 32.0 Å². The number of hydrogen-bond donors (Lipinski definition) is 1. The molecule has 5 heteroatoms. The highest BCUT2D eigenvalue weighted by atomic mass is 19.4. The molecular formula is C15H20F3NO. The van der Waals surface area contributed by atoms with Crippen molar-refractivity contribution in [2.75, 3.05) is 7.11 Å². The van der Waals surface area contributed by atoms with E-state index in [1.165, 1.54) is 12.1 Å². The van der Waals surface area contributed by atoms with Gasteiger partial charge in [-0.3, -0.25) is 0 Å². The van der Waals surface area contributed by atoms with Crippen molar-refractivity contribution in [1.29, 1.82) is 0 Å². The Bertz CT molecular complexity index is 470. The van der Waals surface area contributed by atoms with Gasteiger partial charge in [0.2, 0.25) is 0 Å². The number of methoxy groups -OCH3 is 1. The second-order valence-corrected chi connectivity index (χ2v) is 5.87. The molecule has 2 atom stereocenters. The van der Waals surface area contributed by atoms with Crippen LogP contribution in [0.4, 0.5) is 13.2 Å². The zero-order valence-corrected chi connectivity index (χ0v) is 11.9. The topological polar surface area (TPSA) is 21.3 Å². The van der Waals surface area contributed by atoms with Crippen molar-refractivity contribution in [3.63, 3.8) is 0 Å². The summed E-state index contributed by atoms with van der Waals surface area (Å²) < 4.78 is 44.0. The average molecular weight is 287 g/mol. The monoisotopic (exact) mass is 287 g/mol. The van der Waals surface area contributed by atoms with Gasteiger partial charge in [0, 0.05) is 25.1 Å². The number of hydrogen-bond acceptors (Lipinski definition) is 2. The van der Waals surface area contributed by atoms with E-state index in [-0.39, 0.29) is 29.7 Å². The summed E-state index contributed by atoms with van der Waals surface area (Å²) in [6.45, 7) is 4.36. The van der Waals surface area contributed by atoms with E-state index in [0.29, 0.717) is 0 Å². The Kier molecular flexibility index (Phi) is 4.12. The van der Waals surface area contributed by atoms with E-state index in [1.807, 2.05) is 0 Å². The third-order valence-corrected chi connectivity index (χ3v) is 4.32. The van der Waals surface area contributed by atoms with Crippen molar-refractivity contribution in [3.8, 4) is 0 Å². The summed E-state index contributed by atoms with van der Waals surface area (Å²) in [7, 11) is 1.67.